The van der Waals surface area contributed by atoms with Crippen LogP contribution in [0.4, 0.5) is 5.69 Å². The number of benzene rings is 1. The highest BCUT2D eigenvalue weighted by atomic mass is 32.2. The molecular weight excluding hydrogens is 282 g/mol. The van der Waals surface area contributed by atoms with E-state index in [1.54, 1.807) is 11.8 Å². The highest BCUT2D eigenvalue weighted by Crippen LogP contribution is 2.26. The summed E-state index contributed by atoms with van der Waals surface area (Å²) in [5.74, 6) is 1.06. The molecule has 0 saturated heterocycles. The number of imidazole rings is 1. The van der Waals surface area contributed by atoms with Gasteiger partial charge < -0.3 is 10.3 Å². The number of nitrogens with zero attached hydrogens (tertiary/aromatic N) is 1. The molecule has 1 aliphatic carbocycles. The topological polar surface area (TPSA) is 57.8 Å². The van der Waals surface area contributed by atoms with E-state index < -0.39 is 0 Å². The Labute approximate surface area is 128 Å². The van der Waals surface area contributed by atoms with Gasteiger partial charge in [0.05, 0.1) is 5.69 Å². The van der Waals surface area contributed by atoms with Crippen LogP contribution < -0.4 is 5.32 Å². The Balaban J connectivity index is 1.69. The van der Waals surface area contributed by atoms with Crippen LogP contribution in [-0.4, -0.2) is 22.1 Å². The Morgan fingerprint density at radius 3 is 3.14 bits per heavy atom. The van der Waals surface area contributed by atoms with Crippen LogP contribution in [0, 0.1) is 12.8 Å². The van der Waals surface area contributed by atoms with Crippen molar-refractivity contribution < 1.29 is 4.79 Å². The lowest BCUT2D eigenvalue weighted by molar-refractivity contribution is -0.120. The minimum Gasteiger partial charge on any atom is -0.346 e. The summed E-state index contributed by atoms with van der Waals surface area (Å²) in [6, 6.07) is 7.96. The number of carbonyl (C=O) groups is 1. The van der Waals surface area contributed by atoms with Gasteiger partial charge in [-0.05, 0) is 44.2 Å². The molecule has 0 fully saturated rings. The molecule has 1 aliphatic rings. The summed E-state index contributed by atoms with van der Waals surface area (Å²) in [7, 11) is 0. The van der Waals surface area contributed by atoms with Crippen molar-refractivity contribution in [2.24, 2.45) is 5.92 Å². The average Bonchev–Trinajstić information content (AvgIpc) is 2.86. The summed E-state index contributed by atoms with van der Waals surface area (Å²) < 4.78 is 0. The van der Waals surface area contributed by atoms with Crippen molar-refractivity contribution in [2.75, 3.05) is 11.6 Å². The third-order valence-corrected chi connectivity index (χ3v) is 4.60. The van der Waals surface area contributed by atoms with Gasteiger partial charge in [0.2, 0.25) is 5.91 Å². The monoisotopic (exact) mass is 301 g/mol. The van der Waals surface area contributed by atoms with Gasteiger partial charge in [0.25, 0.3) is 0 Å². The Hall–Kier alpha value is -1.75. The Kier molecular flexibility index (Phi) is 4.01. The van der Waals surface area contributed by atoms with Gasteiger partial charge in [0.1, 0.15) is 5.82 Å². The quantitative estimate of drug-likeness (QED) is 0.856. The summed E-state index contributed by atoms with van der Waals surface area (Å²) in [6.07, 6.45) is 4.53. The van der Waals surface area contributed by atoms with Crippen LogP contribution >= 0.6 is 11.8 Å². The molecule has 0 aliphatic heterocycles. The maximum atomic E-state index is 12.4. The molecule has 1 amide bonds. The van der Waals surface area contributed by atoms with Crippen LogP contribution in [0.3, 0.4) is 0 Å². The summed E-state index contributed by atoms with van der Waals surface area (Å²) in [4.78, 5) is 21.3. The number of aryl methyl sites for hydroxylation is 2. The third-order valence-electron chi connectivity index (χ3n) is 3.87. The van der Waals surface area contributed by atoms with E-state index in [1.807, 2.05) is 37.4 Å². The van der Waals surface area contributed by atoms with Gasteiger partial charge in [-0.25, -0.2) is 4.98 Å². The number of carbonyl (C=O) groups excluding carboxylic acids is 1. The number of amides is 1. The molecule has 5 heteroatoms. The van der Waals surface area contributed by atoms with Crippen LogP contribution in [0.25, 0.3) is 0 Å². The van der Waals surface area contributed by atoms with Crippen molar-refractivity contribution in [3.8, 4) is 0 Å². The van der Waals surface area contributed by atoms with Crippen LogP contribution in [-0.2, 0) is 17.6 Å². The first-order valence-electron chi connectivity index (χ1n) is 7.15. The number of nitrogens with one attached hydrogen (secondary N) is 2. The van der Waals surface area contributed by atoms with Crippen molar-refractivity contribution in [3.63, 3.8) is 0 Å². The van der Waals surface area contributed by atoms with Gasteiger partial charge in [0.15, 0.2) is 0 Å². The zero-order valence-electron chi connectivity index (χ0n) is 12.3. The van der Waals surface area contributed by atoms with Crippen molar-refractivity contribution in [3.05, 3.63) is 41.5 Å². The van der Waals surface area contributed by atoms with Gasteiger partial charge in [0, 0.05) is 28.6 Å². The van der Waals surface area contributed by atoms with Crippen LogP contribution in [0.2, 0.25) is 0 Å². The fraction of sp³-hybridized carbons (Fsp3) is 0.375. The first-order valence-corrected chi connectivity index (χ1v) is 8.37. The number of aromatic nitrogens is 2. The second kappa shape index (κ2) is 5.93. The minimum atomic E-state index is 0.0234. The van der Waals surface area contributed by atoms with Crippen molar-refractivity contribution in [1.82, 2.24) is 9.97 Å². The molecule has 1 aromatic carbocycles. The lowest BCUT2D eigenvalue weighted by Gasteiger charge is -2.20. The number of hydrogen-bond donors (Lipinski definition) is 2. The molecule has 1 unspecified atom stereocenters. The number of rotatable bonds is 3. The smallest absolute Gasteiger partial charge is 0.227 e. The van der Waals surface area contributed by atoms with Crippen molar-refractivity contribution in [1.29, 1.82) is 0 Å². The molecule has 2 aromatic rings. The lowest BCUT2D eigenvalue weighted by atomic mass is 9.89. The molecule has 1 heterocycles. The largest absolute Gasteiger partial charge is 0.346 e. The van der Waals surface area contributed by atoms with E-state index >= 15 is 0 Å². The van der Waals surface area contributed by atoms with E-state index in [-0.39, 0.29) is 11.8 Å². The van der Waals surface area contributed by atoms with Crippen molar-refractivity contribution in [2.45, 2.75) is 31.1 Å². The zero-order chi connectivity index (χ0) is 14.8. The van der Waals surface area contributed by atoms with Gasteiger partial charge in [-0.2, -0.15) is 0 Å². The highest BCUT2D eigenvalue weighted by Gasteiger charge is 2.26. The standard InChI is InChI=1S/C16H19N3OS/c1-10-17-14-7-6-11(8-15(14)18-10)16(20)19-12-4-3-5-13(9-12)21-2/h3-5,9,11H,6-8H2,1-2H3,(H,17,18)(H,19,20). The molecule has 0 saturated carbocycles. The van der Waals surface area contributed by atoms with Gasteiger partial charge in [-0.1, -0.05) is 6.07 Å². The maximum Gasteiger partial charge on any atom is 0.227 e. The fourth-order valence-corrected chi connectivity index (χ4v) is 3.25. The fourth-order valence-electron chi connectivity index (χ4n) is 2.79. The predicted octanol–water partition coefficient (Wildman–Crippen LogP) is 3.18. The van der Waals surface area contributed by atoms with E-state index in [0.29, 0.717) is 0 Å². The minimum absolute atomic E-state index is 0.0234. The maximum absolute atomic E-state index is 12.4. The number of fused-ring (bicyclic) bond motifs is 1. The SMILES string of the molecule is CSc1cccc(NC(=O)C2CCc3nc(C)[nH]c3C2)c1. The van der Waals surface area contributed by atoms with Gasteiger partial charge in [-0.3, -0.25) is 4.79 Å². The van der Waals surface area contributed by atoms with Crippen molar-refractivity contribution >= 4 is 23.4 Å². The summed E-state index contributed by atoms with van der Waals surface area (Å²) in [5, 5.41) is 3.04. The number of hydrogen-bond acceptors (Lipinski definition) is 3. The zero-order valence-corrected chi connectivity index (χ0v) is 13.1. The second-order valence-electron chi connectivity index (χ2n) is 5.41. The molecule has 110 valence electrons. The van der Waals surface area contributed by atoms with E-state index in [0.717, 1.165) is 47.1 Å². The first kappa shape index (κ1) is 14.2. The Morgan fingerprint density at radius 2 is 2.33 bits per heavy atom. The first-order chi connectivity index (χ1) is 10.2. The molecule has 3 rings (SSSR count). The average molecular weight is 301 g/mol. The number of thioether (sulfide) groups is 1. The Bertz CT molecular complexity index is 665. The van der Waals surface area contributed by atoms with Gasteiger partial charge in [-0.15, -0.1) is 11.8 Å². The molecule has 0 radical (unpaired) electrons. The Morgan fingerprint density at radius 1 is 1.48 bits per heavy atom. The summed E-state index contributed by atoms with van der Waals surface area (Å²) in [5.41, 5.74) is 3.12. The number of anilines is 1. The summed E-state index contributed by atoms with van der Waals surface area (Å²) >= 11 is 1.67. The van der Waals surface area contributed by atoms with Crippen LogP contribution in [0.15, 0.2) is 29.2 Å². The van der Waals surface area contributed by atoms with E-state index in [1.165, 1.54) is 0 Å². The lowest BCUT2D eigenvalue weighted by Crippen LogP contribution is -2.28. The molecule has 0 spiro atoms. The van der Waals surface area contributed by atoms with E-state index in [9.17, 15) is 4.79 Å². The summed E-state index contributed by atoms with van der Waals surface area (Å²) in [6.45, 7) is 1.96. The third kappa shape index (κ3) is 3.13. The molecule has 21 heavy (non-hydrogen) atoms. The molecule has 1 aromatic heterocycles. The van der Waals surface area contributed by atoms with E-state index in [4.69, 9.17) is 0 Å². The normalized spacial score (nSPS) is 17.3. The predicted molar refractivity (Wildman–Crippen MR) is 85.7 cm³/mol. The highest BCUT2D eigenvalue weighted by molar-refractivity contribution is 7.98. The number of H-pyrrole nitrogens is 1. The molecule has 4 nitrogen and oxygen atoms in total. The van der Waals surface area contributed by atoms with Crippen LogP contribution in [0.1, 0.15) is 23.6 Å². The number of aromatic amines is 1. The molecular formula is C16H19N3OS. The molecule has 2 N–H and O–H groups in total. The van der Waals surface area contributed by atoms with Gasteiger partial charge >= 0.3 is 0 Å². The molecule has 0 bridgehead atoms. The second-order valence-corrected chi connectivity index (χ2v) is 6.29. The van der Waals surface area contributed by atoms with Crippen LogP contribution in [0.5, 0.6) is 0 Å². The molecule has 1 atom stereocenters. The van der Waals surface area contributed by atoms with E-state index in [2.05, 4.69) is 15.3 Å².